The Hall–Kier alpha value is -0.960. The molecule has 0 N–H and O–H groups in total. The molecule has 0 aliphatic carbocycles. The maximum atomic E-state index is 12.8. The number of hydrogen-bond donors (Lipinski definition) is 0. The van der Waals surface area contributed by atoms with E-state index in [2.05, 4.69) is 10.1 Å². The molecule has 0 saturated carbocycles. The molecule has 23 heavy (non-hydrogen) atoms. The Morgan fingerprint density at radius 2 is 1.78 bits per heavy atom. The van der Waals surface area contributed by atoms with Gasteiger partial charge in [-0.15, -0.1) is 0 Å². The molecule has 0 amide bonds. The average molecular weight is 343 g/mol. The molecule has 8 heteroatoms. The van der Waals surface area contributed by atoms with Crippen molar-refractivity contribution >= 4 is 10.0 Å². The number of piperidine rings is 1. The SMILES string of the molecule is Cc1noc(C)c1S(=O)(=O)N1CCC(CN2CCOCC2)CC1. The van der Waals surface area contributed by atoms with Crippen LogP contribution in [-0.2, 0) is 14.8 Å². The highest BCUT2D eigenvalue weighted by Gasteiger charge is 2.34. The molecule has 2 fully saturated rings. The van der Waals surface area contributed by atoms with Gasteiger partial charge in [0.2, 0.25) is 10.0 Å². The highest BCUT2D eigenvalue weighted by atomic mass is 32.2. The molecule has 1 aromatic rings. The van der Waals surface area contributed by atoms with Crippen LogP contribution in [-0.4, -0.2) is 68.7 Å². The molecule has 0 radical (unpaired) electrons. The number of sulfonamides is 1. The quantitative estimate of drug-likeness (QED) is 0.813. The van der Waals surface area contributed by atoms with Gasteiger partial charge in [-0.3, -0.25) is 4.90 Å². The predicted molar refractivity (Wildman–Crippen MR) is 84.7 cm³/mol. The normalized spacial score (nSPS) is 22.5. The summed E-state index contributed by atoms with van der Waals surface area (Å²) < 4.78 is 37.5. The predicted octanol–water partition coefficient (Wildman–Crippen LogP) is 1.02. The first kappa shape index (κ1) is 16.9. The largest absolute Gasteiger partial charge is 0.379 e. The van der Waals surface area contributed by atoms with Crippen molar-refractivity contribution in [3.8, 4) is 0 Å². The minimum absolute atomic E-state index is 0.240. The van der Waals surface area contributed by atoms with Crippen molar-refractivity contribution in [3.63, 3.8) is 0 Å². The van der Waals surface area contributed by atoms with E-state index in [1.54, 1.807) is 18.2 Å². The van der Waals surface area contributed by atoms with Crippen LogP contribution in [0.4, 0.5) is 0 Å². The third-order valence-electron chi connectivity index (χ3n) is 4.76. The van der Waals surface area contributed by atoms with E-state index < -0.39 is 10.0 Å². The van der Waals surface area contributed by atoms with Crippen molar-refractivity contribution in [2.45, 2.75) is 31.6 Å². The van der Waals surface area contributed by atoms with Crippen molar-refractivity contribution in [1.82, 2.24) is 14.4 Å². The van der Waals surface area contributed by atoms with Crippen LogP contribution < -0.4 is 0 Å². The summed E-state index contributed by atoms with van der Waals surface area (Å²) in [7, 11) is -3.49. The van der Waals surface area contributed by atoms with Crippen molar-refractivity contribution in [3.05, 3.63) is 11.5 Å². The number of nitrogens with zero attached hydrogens (tertiary/aromatic N) is 3. The summed E-state index contributed by atoms with van der Waals surface area (Å²) in [5.41, 5.74) is 0.443. The molecule has 1 aromatic heterocycles. The molecule has 2 saturated heterocycles. The first-order valence-electron chi connectivity index (χ1n) is 8.21. The maximum Gasteiger partial charge on any atom is 0.248 e. The second-order valence-electron chi connectivity index (χ2n) is 6.41. The smallest absolute Gasteiger partial charge is 0.248 e. The molecule has 3 heterocycles. The Balaban J connectivity index is 1.60. The van der Waals surface area contributed by atoms with Crippen molar-refractivity contribution in [2.24, 2.45) is 5.92 Å². The minimum atomic E-state index is -3.49. The van der Waals surface area contributed by atoms with Crippen LogP contribution in [0.5, 0.6) is 0 Å². The fraction of sp³-hybridized carbons (Fsp3) is 0.800. The topological polar surface area (TPSA) is 75.9 Å². The van der Waals surface area contributed by atoms with Gasteiger partial charge in [0.25, 0.3) is 0 Å². The van der Waals surface area contributed by atoms with Crippen LogP contribution in [0.1, 0.15) is 24.3 Å². The summed E-state index contributed by atoms with van der Waals surface area (Å²) in [6, 6.07) is 0. The fourth-order valence-electron chi connectivity index (χ4n) is 3.45. The zero-order valence-corrected chi connectivity index (χ0v) is 14.6. The van der Waals surface area contributed by atoms with Gasteiger partial charge in [0.05, 0.1) is 13.2 Å². The Kier molecular flexibility index (Phi) is 5.05. The first-order chi connectivity index (χ1) is 11.0. The van der Waals surface area contributed by atoms with E-state index in [-0.39, 0.29) is 4.90 Å². The highest BCUT2D eigenvalue weighted by Crippen LogP contribution is 2.28. The lowest BCUT2D eigenvalue weighted by Crippen LogP contribution is -2.44. The second-order valence-corrected chi connectivity index (χ2v) is 8.29. The fourth-order valence-corrected chi connectivity index (χ4v) is 5.21. The number of hydrogen-bond acceptors (Lipinski definition) is 6. The lowest BCUT2D eigenvalue weighted by atomic mass is 9.97. The van der Waals surface area contributed by atoms with Crippen LogP contribution >= 0.6 is 0 Å². The number of ether oxygens (including phenoxy) is 1. The monoisotopic (exact) mass is 343 g/mol. The van der Waals surface area contributed by atoms with E-state index in [4.69, 9.17) is 9.26 Å². The van der Waals surface area contributed by atoms with E-state index in [1.807, 2.05) is 0 Å². The summed E-state index contributed by atoms with van der Waals surface area (Å²) in [6.45, 7) is 9.09. The van der Waals surface area contributed by atoms with Gasteiger partial charge in [-0.1, -0.05) is 5.16 Å². The van der Waals surface area contributed by atoms with Crippen LogP contribution in [0, 0.1) is 19.8 Å². The van der Waals surface area contributed by atoms with Gasteiger partial charge < -0.3 is 9.26 Å². The summed E-state index contributed by atoms with van der Waals surface area (Å²) >= 11 is 0. The molecule has 0 unspecified atom stereocenters. The van der Waals surface area contributed by atoms with E-state index in [0.717, 1.165) is 45.7 Å². The molecule has 7 nitrogen and oxygen atoms in total. The van der Waals surface area contributed by atoms with Crippen molar-refractivity contribution < 1.29 is 17.7 Å². The first-order valence-corrected chi connectivity index (χ1v) is 9.65. The Morgan fingerprint density at radius 1 is 1.13 bits per heavy atom. The average Bonchev–Trinajstić information content (AvgIpc) is 2.88. The molecule has 0 aromatic carbocycles. The molecular formula is C15H25N3O4S. The van der Waals surface area contributed by atoms with Gasteiger partial charge in [-0.25, -0.2) is 8.42 Å². The third kappa shape index (κ3) is 3.60. The molecule has 2 aliphatic heterocycles. The van der Waals surface area contributed by atoms with Crippen LogP contribution in [0.2, 0.25) is 0 Å². The lowest BCUT2D eigenvalue weighted by molar-refractivity contribution is 0.0269. The molecule has 2 aliphatic rings. The van der Waals surface area contributed by atoms with Gasteiger partial charge >= 0.3 is 0 Å². The lowest BCUT2D eigenvalue weighted by Gasteiger charge is -2.35. The molecular weight excluding hydrogens is 318 g/mol. The van der Waals surface area contributed by atoms with Crippen LogP contribution in [0.25, 0.3) is 0 Å². The van der Waals surface area contributed by atoms with Crippen LogP contribution in [0.3, 0.4) is 0 Å². The van der Waals surface area contributed by atoms with Crippen molar-refractivity contribution in [2.75, 3.05) is 45.9 Å². The zero-order valence-electron chi connectivity index (χ0n) is 13.8. The Bertz CT molecular complexity index is 610. The Morgan fingerprint density at radius 3 is 2.35 bits per heavy atom. The van der Waals surface area contributed by atoms with E-state index in [0.29, 0.717) is 30.5 Å². The van der Waals surface area contributed by atoms with Gasteiger partial charge in [-0.05, 0) is 32.6 Å². The number of morpholine rings is 1. The number of aryl methyl sites for hydroxylation is 2. The van der Waals surface area contributed by atoms with Crippen LogP contribution in [0.15, 0.2) is 9.42 Å². The Labute approximate surface area is 137 Å². The second kappa shape index (κ2) is 6.88. The number of aromatic nitrogens is 1. The minimum Gasteiger partial charge on any atom is -0.379 e. The summed E-state index contributed by atoms with van der Waals surface area (Å²) in [5.74, 6) is 0.933. The van der Waals surface area contributed by atoms with Crippen molar-refractivity contribution in [1.29, 1.82) is 0 Å². The summed E-state index contributed by atoms with van der Waals surface area (Å²) in [5, 5.41) is 3.77. The standard InChI is InChI=1S/C15H25N3O4S/c1-12-15(13(2)22-16-12)23(19,20)18-5-3-14(4-6-18)11-17-7-9-21-10-8-17/h14H,3-11H2,1-2H3. The third-order valence-corrected chi connectivity index (χ3v) is 6.90. The van der Waals surface area contributed by atoms with Gasteiger partial charge in [-0.2, -0.15) is 4.31 Å². The molecule has 130 valence electrons. The van der Waals surface area contributed by atoms with Gasteiger partial charge in [0.15, 0.2) is 5.76 Å². The maximum absolute atomic E-state index is 12.8. The highest BCUT2D eigenvalue weighted by molar-refractivity contribution is 7.89. The number of rotatable bonds is 4. The molecule has 3 rings (SSSR count). The summed E-state index contributed by atoms with van der Waals surface area (Å²) in [6.07, 6.45) is 1.81. The summed E-state index contributed by atoms with van der Waals surface area (Å²) in [4.78, 5) is 2.66. The molecule has 0 spiro atoms. The molecule has 0 bridgehead atoms. The van der Waals surface area contributed by atoms with Gasteiger partial charge in [0, 0.05) is 32.7 Å². The molecule has 0 atom stereocenters. The van der Waals surface area contributed by atoms with E-state index >= 15 is 0 Å². The zero-order chi connectivity index (χ0) is 16.4. The van der Waals surface area contributed by atoms with E-state index in [9.17, 15) is 8.42 Å². The van der Waals surface area contributed by atoms with Gasteiger partial charge in [0.1, 0.15) is 10.6 Å². The van der Waals surface area contributed by atoms with E-state index in [1.165, 1.54) is 0 Å².